The minimum Gasteiger partial charge on any atom is -0.272 e. The molecule has 1 saturated carbocycles. The molecule has 2 aliphatic rings. The molecule has 33 heavy (non-hydrogen) atoms. The van der Waals surface area contributed by atoms with E-state index in [0.717, 1.165) is 28.9 Å². The molecule has 170 valence electrons. The van der Waals surface area contributed by atoms with Crippen molar-refractivity contribution in [1.82, 2.24) is 10.0 Å². The molecule has 2 aromatic carbocycles. The van der Waals surface area contributed by atoms with Crippen LogP contribution in [0, 0.1) is 32.1 Å². The lowest BCUT2D eigenvalue weighted by Gasteiger charge is -2.30. The normalized spacial score (nSPS) is 19.8. The number of nitrogens with zero attached hydrogens (tertiary/aromatic N) is 4. The lowest BCUT2D eigenvalue weighted by atomic mass is 9.81. The number of hydrogen-bond acceptors (Lipinski definition) is 7. The zero-order valence-corrected chi connectivity index (χ0v) is 17.5. The topological polar surface area (TPSA) is 144 Å². The van der Waals surface area contributed by atoms with Gasteiger partial charge in [0.2, 0.25) is 0 Å². The second-order valence-electron chi connectivity index (χ2n) is 8.04. The van der Waals surface area contributed by atoms with Crippen molar-refractivity contribution in [2.75, 3.05) is 0 Å². The first kappa shape index (κ1) is 22.1. The van der Waals surface area contributed by atoms with Crippen molar-refractivity contribution < 1.29 is 24.2 Å². The second-order valence-corrected chi connectivity index (χ2v) is 8.04. The number of amides is 3. The molecule has 0 spiro atoms. The van der Waals surface area contributed by atoms with Gasteiger partial charge in [0.15, 0.2) is 0 Å². The van der Waals surface area contributed by atoms with Gasteiger partial charge in [-0.2, -0.15) is 5.01 Å². The standard InChI is InChI=1S/C22H20N4O7/c27-20(14-7-5-8-16(12-14)25(30)31)23(13-15-6-1-4-11-19(15)26(32)33)24-21(28)17-9-2-3-10-18(17)22(24)29/h1,4-8,11-12,17-18H,2-3,9-10,13H2/t17-,18-/m1/s1. The molecule has 0 bridgehead atoms. The first-order valence-electron chi connectivity index (χ1n) is 10.5. The molecule has 2 atom stereocenters. The fourth-order valence-electron chi connectivity index (χ4n) is 4.50. The van der Waals surface area contributed by atoms with Crippen molar-refractivity contribution in [3.05, 3.63) is 79.9 Å². The van der Waals surface area contributed by atoms with Gasteiger partial charge in [-0.1, -0.05) is 37.1 Å². The van der Waals surface area contributed by atoms with Gasteiger partial charge in [0.05, 0.1) is 33.8 Å². The maximum atomic E-state index is 13.5. The zero-order valence-electron chi connectivity index (χ0n) is 17.5. The first-order valence-corrected chi connectivity index (χ1v) is 10.5. The summed E-state index contributed by atoms with van der Waals surface area (Å²) < 4.78 is 0. The third-order valence-electron chi connectivity index (χ3n) is 6.11. The number of para-hydroxylation sites is 1. The summed E-state index contributed by atoms with van der Waals surface area (Å²) in [6, 6.07) is 10.6. The third kappa shape index (κ3) is 4.04. The molecule has 11 nitrogen and oxygen atoms in total. The molecule has 0 unspecified atom stereocenters. The summed E-state index contributed by atoms with van der Waals surface area (Å²) >= 11 is 0. The fourth-order valence-corrected chi connectivity index (χ4v) is 4.50. The minimum absolute atomic E-state index is 0.113. The van der Waals surface area contributed by atoms with Gasteiger partial charge in [0.25, 0.3) is 29.1 Å². The van der Waals surface area contributed by atoms with Gasteiger partial charge < -0.3 is 0 Å². The SMILES string of the molecule is O=C(c1cccc([N+](=O)[O-])c1)N(Cc1ccccc1[N+](=O)[O-])N1C(=O)[C@@H]2CCCC[C@H]2C1=O. The van der Waals surface area contributed by atoms with Gasteiger partial charge in [-0.15, -0.1) is 0 Å². The molecular weight excluding hydrogens is 432 g/mol. The summed E-state index contributed by atoms with van der Waals surface area (Å²) in [4.78, 5) is 61.2. The number of nitro groups is 2. The van der Waals surface area contributed by atoms with Gasteiger partial charge in [-0.25, -0.2) is 5.01 Å². The Morgan fingerprint density at radius 1 is 0.939 bits per heavy atom. The van der Waals surface area contributed by atoms with Crippen LogP contribution in [0.1, 0.15) is 41.6 Å². The quantitative estimate of drug-likeness (QED) is 0.372. The highest BCUT2D eigenvalue weighted by atomic mass is 16.6. The Morgan fingerprint density at radius 2 is 1.58 bits per heavy atom. The van der Waals surface area contributed by atoms with E-state index in [-0.39, 0.29) is 22.5 Å². The maximum Gasteiger partial charge on any atom is 0.274 e. The van der Waals surface area contributed by atoms with Crippen LogP contribution in [0.25, 0.3) is 0 Å². The summed E-state index contributed by atoms with van der Waals surface area (Å²) in [5, 5.41) is 24.3. The smallest absolute Gasteiger partial charge is 0.272 e. The van der Waals surface area contributed by atoms with E-state index in [1.54, 1.807) is 6.07 Å². The lowest BCUT2D eigenvalue weighted by Crippen LogP contribution is -2.49. The highest BCUT2D eigenvalue weighted by molar-refractivity contribution is 6.07. The predicted octanol–water partition coefficient (Wildman–Crippen LogP) is 3.24. The monoisotopic (exact) mass is 452 g/mol. The van der Waals surface area contributed by atoms with E-state index in [0.29, 0.717) is 12.8 Å². The number of fused-ring (bicyclic) bond motifs is 1. The summed E-state index contributed by atoms with van der Waals surface area (Å²) in [5.41, 5.74) is -0.597. The molecule has 0 N–H and O–H groups in total. The molecule has 1 aliphatic carbocycles. The van der Waals surface area contributed by atoms with E-state index in [4.69, 9.17) is 0 Å². The Kier molecular flexibility index (Phi) is 5.86. The van der Waals surface area contributed by atoms with Crippen molar-refractivity contribution in [1.29, 1.82) is 0 Å². The molecule has 4 rings (SSSR count). The molecular formula is C22H20N4O7. The molecule has 11 heteroatoms. The molecule has 2 fully saturated rings. The van der Waals surface area contributed by atoms with Crippen molar-refractivity contribution >= 4 is 29.1 Å². The van der Waals surface area contributed by atoms with Crippen LogP contribution in [0.5, 0.6) is 0 Å². The van der Waals surface area contributed by atoms with Gasteiger partial charge in [-0.05, 0) is 18.9 Å². The molecule has 1 aliphatic heterocycles. The number of imide groups is 1. The van der Waals surface area contributed by atoms with E-state index < -0.39 is 45.9 Å². The number of nitro benzene ring substituents is 2. The van der Waals surface area contributed by atoms with Crippen LogP contribution in [0.15, 0.2) is 48.5 Å². The Bertz CT molecular complexity index is 1140. The van der Waals surface area contributed by atoms with Crippen molar-refractivity contribution in [2.24, 2.45) is 11.8 Å². The zero-order chi connectivity index (χ0) is 23.7. The fraction of sp³-hybridized carbons (Fsp3) is 0.318. The van der Waals surface area contributed by atoms with Gasteiger partial charge in [0, 0.05) is 23.8 Å². The van der Waals surface area contributed by atoms with Crippen molar-refractivity contribution in [2.45, 2.75) is 32.2 Å². The van der Waals surface area contributed by atoms with E-state index in [1.807, 2.05) is 0 Å². The Morgan fingerprint density at radius 3 is 2.18 bits per heavy atom. The third-order valence-corrected chi connectivity index (χ3v) is 6.11. The van der Waals surface area contributed by atoms with Crippen LogP contribution >= 0.6 is 0 Å². The number of carbonyl (C=O) groups is 3. The minimum atomic E-state index is -0.836. The summed E-state index contributed by atoms with van der Waals surface area (Å²) in [7, 11) is 0. The molecule has 2 aromatic rings. The number of non-ortho nitro benzene ring substituents is 1. The number of hydrazine groups is 1. The van der Waals surface area contributed by atoms with Crippen LogP contribution in [0.4, 0.5) is 11.4 Å². The molecule has 1 saturated heterocycles. The van der Waals surface area contributed by atoms with Gasteiger partial charge in [0.1, 0.15) is 0 Å². The Labute approximate surface area is 187 Å². The van der Waals surface area contributed by atoms with E-state index >= 15 is 0 Å². The van der Waals surface area contributed by atoms with E-state index in [1.165, 1.54) is 36.4 Å². The number of rotatable bonds is 6. The summed E-state index contributed by atoms with van der Waals surface area (Å²) in [6.45, 7) is -0.421. The van der Waals surface area contributed by atoms with Crippen LogP contribution in [0.2, 0.25) is 0 Å². The highest BCUT2D eigenvalue weighted by Gasteiger charge is 2.51. The average Bonchev–Trinajstić information content (AvgIpc) is 3.07. The van der Waals surface area contributed by atoms with Crippen LogP contribution in [-0.2, 0) is 16.1 Å². The number of carbonyl (C=O) groups excluding carboxylic acids is 3. The molecule has 0 aromatic heterocycles. The summed E-state index contributed by atoms with van der Waals surface area (Å²) in [6.07, 6.45) is 2.63. The van der Waals surface area contributed by atoms with Crippen LogP contribution < -0.4 is 0 Å². The van der Waals surface area contributed by atoms with Crippen LogP contribution in [-0.4, -0.2) is 37.6 Å². The van der Waals surface area contributed by atoms with Crippen LogP contribution in [0.3, 0.4) is 0 Å². The number of hydrogen-bond donors (Lipinski definition) is 0. The van der Waals surface area contributed by atoms with E-state index in [9.17, 15) is 34.6 Å². The number of benzene rings is 2. The van der Waals surface area contributed by atoms with Crippen molar-refractivity contribution in [3.63, 3.8) is 0 Å². The average molecular weight is 452 g/mol. The predicted molar refractivity (Wildman–Crippen MR) is 113 cm³/mol. The Hall–Kier alpha value is -4.15. The second kappa shape index (κ2) is 8.77. The summed E-state index contributed by atoms with van der Waals surface area (Å²) in [5.74, 6) is -2.98. The van der Waals surface area contributed by atoms with Crippen molar-refractivity contribution in [3.8, 4) is 0 Å². The molecule has 3 amide bonds. The maximum absolute atomic E-state index is 13.5. The molecule has 1 heterocycles. The largest absolute Gasteiger partial charge is 0.274 e. The van der Waals surface area contributed by atoms with E-state index in [2.05, 4.69) is 0 Å². The first-order chi connectivity index (χ1) is 15.8. The highest BCUT2D eigenvalue weighted by Crippen LogP contribution is 2.39. The lowest BCUT2D eigenvalue weighted by molar-refractivity contribution is -0.385. The molecule has 0 radical (unpaired) electrons. The van der Waals surface area contributed by atoms with Gasteiger partial charge >= 0.3 is 0 Å². The van der Waals surface area contributed by atoms with Gasteiger partial charge in [-0.3, -0.25) is 34.6 Å². The Balaban J connectivity index is 1.78.